The van der Waals surface area contributed by atoms with Crippen molar-refractivity contribution in [2.24, 2.45) is 0 Å². The fourth-order valence-corrected chi connectivity index (χ4v) is 3.75. The minimum atomic E-state index is -3.41. The summed E-state index contributed by atoms with van der Waals surface area (Å²) in [6.45, 7) is 5.45. The van der Waals surface area contributed by atoms with Gasteiger partial charge >= 0.3 is 0 Å². The topological polar surface area (TPSA) is 73.0 Å². The molecule has 2 N–H and O–H groups in total. The van der Waals surface area contributed by atoms with Gasteiger partial charge in [0.1, 0.15) is 0 Å². The van der Waals surface area contributed by atoms with Crippen LogP contribution in [0, 0.1) is 20.8 Å². The molecule has 2 aromatic rings. The number of anilines is 1. The summed E-state index contributed by atoms with van der Waals surface area (Å²) in [6.07, 6.45) is 1.62. The van der Waals surface area contributed by atoms with Gasteiger partial charge in [0.05, 0.1) is 16.3 Å². The Bertz CT molecular complexity index is 752. The molecule has 5 heteroatoms. The number of hydrogen-bond acceptors (Lipinski definition) is 4. The maximum atomic E-state index is 12.5. The van der Waals surface area contributed by atoms with Gasteiger partial charge in [-0.15, -0.1) is 0 Å². The molecule has 0 atom stereocenters. The number of nitrogen functional groups attached to an aromatic ring is 1. The average molecular weight is 290 g/mol. The average Bonchev–Trinajstić information content (AvgIpc) is 2.40. The lowest BCUT2D eigenvalue weighted by atomic mass is 10.1. The normalized spacial score (nSPS) is 11.6. The molecule has 2 rings (SSSR count). The summed E-state index contributed by atoms with van der Waals surface area (Å²) in [7, 11) is -3.41. The molecule has 1 aromatic heterocycles. The quantitative estimate of drug-likeness (QED) is 0.943. The van der Waals surface area contributed by atoms with Crippen LogP contribution in [0.3, 0.4) is 0 Å². The van der Waals surface area contributed by atoms with Crippen molar-refractivity contribution in [3.63, 3.8) is 0 Å². The van der Waals surface area contributed by atoms with Gasteiger partial charge in [-0.3, -0.25) is 4.98 Å². The van der Waals surface area contributed by atoms with Crippen molar-refractivity contribution < 1.29 is 8.42 Å². The molecule has 0 bridgehead atoms. The fourth-order valence-electron chi connectivity index (χ4n) is 2.10. The first-order valence-corrected chi connectivity index (χ1v) is 7.97. The monoisotopic (exact) mass is 290 g/mol. The number of rotatable bonds is 3. The van der Waals surface area contributed by atoms with Gasteiger partial charge in [0, 0.05) is 11.9 Å². The lowest BCUT2D eigenvalue weighted by Gasteiger charge is -2.11. The Kier molecular flexibility index (Phi) is 3.81. The Balaban J connectivity index is 2.45. The number of nitrogens with two attached hydrogens (primary N) is 1. The zero-order valence-electron chi connectivity index (χ0n) is 11.8. The molecular formula is C15H18N2O2S. The molecule has 1 heterocycles. The molecule has 0 unspecified atom stereocenters. The maximum absolute atomic E-state index is 12.5. The molecule has 1 aromatic carbocycles. The van der Waals surface area contributed by atoms with E-state index in [9.17, 15) is 8.42 Å². The molecule has 0 aliphatic rings. The van der Waals surface area contributed by atoms with Crippen LogP contribution in [0.4, 0.5) is 5.69 Å². The molecule has 0 spiro atoms. The molecule has 4 nitrogen and oxygen atoms in total. The first-order chi connectivity index (χ1) is 9.33. The molecular weight excluding hydrogens is 272 g/mol. The number of aromatic nitrogens is 1. The number of benzene rings is 1. The summed E-state index contributed by atoms with van der Waals surface area (Å²) in [4.78, 5) is 4.57. The molecule has 0 radical (unpaired) electrons. The fraction of sp³-hybridized carbons (Fsp3) is 0.267. The van der Waals surface area contributed by atoms with E-state index in [2.05, 4.69) is 4.98 Å². The van der Waals surface area contributed by atoms with E-state index in [0.717, 1.165) is 16.7 Å². The van der Waals surface area contributed by atoms with Crippen LogP contribution >= 0.6 is 0 Å². The van der Waals surface area contributed by atoms with Crippen LogP contribution < -0.4 is 5.73 Å². The Labute approximate surface area is 119 Å². The Hall–Kier alpha value is -1.88. The van der Waals surface area contributed by atoms with Crippen molar-refractivity contribution in [1.29, 1.82) is 0 Å². The van der Waals surface area contributed by atoms with Crippen molar-refractivity contribution in [2.45, 2.75) is 31.4 Å². The van der Waals surface area contributed by atoms with Crippen LogP contribution in [0.1, 0.15) is 22.4 Å². The molecule has 0 fully saturated rings. The summed E-state index contributed by atoms with van der Waals surface area (Å²) in [5.41, 5.74) is 9.39. The summed E-state index contributed by atoms with van der Waals surface area (Å²) < 4.78 is 25.0. The van der Waals surface area contributed by atoms with E-state index < -0.39 is 9.84 Å². The van der Waals surface area contributed by atoms with Crippen LogP contribution in [0.5, 0.6) is 0 Å². The highest BCUT2D eigenvalue weighted by Crippen LogP contribution is 2.24. The lowest BCUT2D eigenvalue weighted by molar-refractivity contribution is 0.594. The first-order valence-electron chi connectivity index (χ1n) is 6.32. The van der Waals surface area contributed by atoms with Gasteiger partial charge in [0.2, 0.25) is 0 Å². The van der Waals surface area contributed by atoms with Gasteiger partial charge in [-0.05, 0) is 43.5 Å². The smallest absolute Gasteiger partial charge is 0.184 e. The van der Waals surface area contributed by atoms with Crippen LogP contribution in [0.2, 0.25) is 0 Å². The van der Waals surface area contributed by atoms with Crippen LogP contribution in [-0.2, 0) is 15.6 Å². The summed E-state index contributed by atoms with van der Waals surface area (Å²) in [5.74, 6) is -0.131. The van der Waals surface area contributed by atoms with E-state index >= 15 is 0 Å². The maximum Gasteiger partial charge on any atom is 0.184 e. The van der Waals surface area contributed by atoms with Gasteiger partial charge in [0.15, 0.2) is 9.84 Å². The van der Waals surface area contributed by atoms with Gasteiger partial charge in [0.25, 0.3) is 0 Å². The molecule has 106 valence electrons. The third-order valence-electron chi connectivity index (χ3n) is 3.43. The minimum Gasteiger partial charge on any atom is -0.398 e. The number of hydrogen-bond donors (Lipinski definition) is 1. The second-order valence-corrected chi connectivity index (χ2v) is 6.91. The largest absolute Gasteiger partial charge is 0.398 e. The van der Waals surface area contributed by atoms with E-state index in [1.54, 1.807) is 38.2 Å². The third-order valence-corrected chi connectivity index (χ3v) is 5.21. The standard InChI is InChI=1S/C15H18N2O2S/c1-10-6-4-5-7-14(10)20(18,19)9-13-12(3)15(16)11(2)8-17-13/h4-8H,9H2,1-3H3,(H2,16,17). The zero-order chi connectivity index (χ0) is 14.9. The second-order valence-electron chi connectivity index (χ2n) is 4.95. The SMILES string of the molecule is Cc1ccccc1S(=O)(=O)Cc1ncc(C)c(N)c1C. The minimum absolute atomic E-state index is 0.131. The van der Waals surface area contributed by atoms with Gasteiger partial charge in [-0.2, -0.15) is 0 Å². The van der Waals surface area contributed by atoms with Crippen LogP contribution in [0.15, 0.2) is 35.4 Å². The molecule has 0 aliphatic carbocycles. The number of sulfone groups is 1. The summed E-state index contributed by atoms with van der Waals surface area (Å²) >= 11 is 0. The summed E-state index contributed by atoms with van der Waals surface area (Å²) in [6, 6.07) is 6.96. The second kappa shape index (κ2) is 5.25. The number of aryl methyl sites for hydroxylation is 2. The molecule has 0 aliphatic heterocycles. The first kappa shape index (κ1) is 14.5. The van der Waals surface area contributed by atoms with E-state index in [-0.39, 0.29) is 5.75 Å². The Morgan fingerprint density at radius 3 is 2.40 bits per heavy atom. The van der Waals surface area contributed by atoms with Crippen molar-refractivity contribution in [3.05, 3.63) is 52.8 Å². The van der Waals surface area contributed by atoms with Gasteiger partial charge in [-0.25, -0.2) is 8.42 Å². The molecule has 20 heavy (non-hydrogen) atoms. The summed E-state index contributed by atoms with van der Waals surface area (Å²) in [5, 5.41) is 0. The zero-order valence-corrected chi connectivity index (χ0v) is 12.7. The lowest BCUT2D eigenvalue weighted by Crippen LogP contribution is -2.10. The van der Waals surface area contributed by atoms with Crippen molar-refractivity contribution in [1.82, 2.24) is 4.98 Å². The Morgan fingerprint density at radius 1 is 1.10 bits per heavy atom. The predicted molar refractivity (Wildman–Crippen MR) is 80.2 cm³/mol. The molecule has 0 saturated heterocycles. The highest BCUT2D eigenvalue weighted by atomic mass is 32.2. The highest BCUT2D eigenvalue weighted by Gasteiger charge is 2.20. The molecule has 0 saturated carbocycles. The molecule has 0 amide bonds. The van der Waals surface area contributed by atoms with E-state index in [1.807, 2.05) is 13.0 Å². The van der Waals surface area contributed by atoms with Crippen molar-refractivity contribution in [3.8, 4) is 0 Å². The number of pyridine rings is 1. The van der Waals surface area contributed by atoms with Gasteiger partial charge in [-0.1, -0.05) is 18.2 Å². The van der Waals surface area contributed by atoms with Crippen LogP contribution in [-0.4, -0.2) is 13.4 Å². The van der Waals surface area contributed by atoms with Crippen LogP contribution in [0.25, 0.3) is 0 Å². The van der Waals surface area contributed by atoms with E-state index in [1.165, 1.54) is 0 Å². The highest BCUT2D eigenvalue weighted by molar-refractivity contribution is 7.90. The van der Waals surface area contributed by atoms with Crippen molar-refractivity contribution >= 4 is 15.5 Å². The number of nitrogens with zero attached hydrogens (tertiary/aromatic N) is 1. The predicted octanol–water partition coefficient (Wildman–Crippen LogP) is 2.56. The van der Waals surface area contributed by atoms with E-state index in [4.69, 9.17) is 5.73 Å². The van der Waals surface area contributed by atoms with E-state index in [0.29, 0.717) is 16.3 Å². The third kappa shape index (κ3) is 2.67. The Morgan fingerprint density at radius 2 is 1.75 bits per heavy atom. The van der Waals surface area contributed by atoms with Gasteiger partial charge < -0.3 is 5.73 Å². The van der Waals surface area contributed by atoms with Crippen molar-refractivity contribution in [2.75, 3.05) is 5.73 Å².